The molecule has 176 valence electrons. The number of aromatic nitrogens is 1. The quantitative estimate of drug-likeness (QED) is 0.417. The summed E-state index contributed by atoms with van der Waals surface area (Å²) < 4.78 is 21.6. The normalized spacial score (nSPS) is 11.9. The lowest BCUT2D eigenvalue weighted by atomic mass is 10.1. The molecule has 0 saturated carbocycles. The van der Waals surface area contributed by atoms with Gasteiger partial charge in [0.05, 0.1) is 27.4 Å². The summed E-state index contributed by atoms with van der Waals surface area (Å²) in [4.78, 5) is 18.9. The standard InChI is InChI=1S/C25H31N3O5/c1-18(19-8-6-5-7-9-19)28(15-20-14-21(31-3)10-11-23(20)32-4)16-24-27-22(17-33-24)25(29)26-12-13-30-2/h5-11,14,17-18H,12-13,15-16H2,1-4H3,(H,26,29). The zero-order valence-electron chi connectivity index (χ0n) is 19.5. The van der Waals surface area contributed by atoms with Crippen LogP contribution in [-0.2, 0) is 17.8 Å². The first kappa shape index (κ1) is 24.3. The van der Waals surface area contributed by atoms with E-state index in [0.29, 0.717) is 32.1 Å². The van der Waals surface area contributed by atoms with Gasteiger partial charge >= 0.3 is 0 Å². The van der Waals surface area contributed by atoms with Gasteiger partial charge < -0.3 is 23.9 Å². The van der Waals surface area contributed by atoms with Crippen molar-refractivity contribution in [3.05, 3.63) is 77.5 Å². The van der Waals surface area contributed by atoms with Crippen molar-refractivity contribution < 1.29 is 23.4 Å². The average Bonchev–Trinajstić information content (AvgIpc) is 3.32. The molecule has 0 aliphatic carbocycles. The van der Waals surface area contributed by atoms with Gasteiger partial charge in [0.15, 0.2) is 5.69 Å². The molecule has 1 heterocycles. The summed E-state index contributed by atoms with van der Waals surface area (Å²) in [6, 6.07) is 16.0. The smallest absolute Gasteiger partial charge is 0.273 e. The summed E-state index contributed by atoms with van der Waals surface area (Å²) >= 11 is 0. The predicted molar refractivity (Wildman–Crippen MR) is 124 cm³/mol. The minimum Gasteiger partial charge on any atom is -0.497 e. The largest absolute Gasteiger partial charge is 0.497 e. The molecule has 1 N–H and O–H groups in total. The molecule has 2 aromatic carbocycles. The van der Waals surface area contributed by atoms with Gasteiger partial charge in [-0.15, -0.1) is 0 Å². The van der Waals surface area contributed by atoms with Crippen molar-refractivity contribution in [2.75, 3.05) is 34.5 Å². The van der Waals surface area contributed by atoms with Crippen molar-refractivity contribution in [1.82, 2.24) is 15.2 Å². The molecule has 0 spiro atoms. The van der Waals surface area contributed by atoms with Crippen LogP contribution in [0.1, 0.15) is 40.5 Å². The molecule has 0 aliphatic heterocycles. The molecule has 1 aromatic heterocycles. The third-order valence-electron chi connectivity index (χ3n) is 5.41. The molecule has 33 heavy (non-hydrogen) atoms. The van der Waals surface area contributed by atoms with Gasteiger partial charge in [-0.3, -0.25) is 9.69 Å². The van der Waals surface area contributed by atoms with Crippen molar-refractivity contribution in [3.63, 3.8) is 0 Å². The topological polar surface area (TPSA) is 86.1 Å². The second kappa shape index (κ2) is 12.0. The number of carbonyl (C=O) groups excluding carboxylic acids is 1. The number of nitrogens with zero attached hydrogens (tertiary/aromatic N) is 2. The Kier molecular flexibility index (Phi) is 8.86. The molecule has 1 atom stereocenters. The van der Waals surface area contributed by atoms with Crippen LogP contribution < -0.4 is 14.8 Å². The molecule has 0 bridgehead atoms. The van der Waals surface area contributed by atoms with Gasteiger partial charge in [-0.2, -0.15) is 0 Å². The summed E-state index contributed by atoms with van der Waals surface area (Å²) in [5, 5.41) is 2.75. The summed E-state index contributed by atoms with van der Waals surface area (Å²) in [5.74, 6) is 1.69. The maximum absolute atomic E-state index is 12.3. The number of benzene rings is 2. The molecule has 3 rings (SSSR count). The number of carbonyl (C=O) groups is 1. The maximum Gasteiger partial charge on any atom is 0.273 e. The van der Waals surface area contributed by atoms with E-state index in [1.165, 1.54) is 6.26 Å². The fraction of sp³-hybridized carbons (Fsp3) is 0.360. The Labute approximate surface area is 194 Å². The minimum atomic E-state index is -0.292. The van der Waals surface area contributed by atoms with E-state index in [9.17, 15) is 4.79 Å². The number of oxazole rings is 1. The van der Waals surface area contributed by atoms with E-state index in [1.807, 2.05) is 36.4 Å². The van der Waals surface area contributed by atoms with Crippen molar-refractivity contribution in [2.24, 2.45) is 0 Å². The Morgan fingerprint density at radius 3 is 2.58 bits per heavy atom. The van der Waals surface area contributed by atoms with Crippen LogP contribution in [0.25, 0.3) is 0 Å². The number of rotatable bonds is 12. The number of amides is 1. The van der Waals surface area contributed by atoms with Crippen molar-refractivity contribution in [3.8, 4) is 11.5 Å². The third kappa shape index (κ3) is 6.57. The van der Waals surface area contributed by atoms with Gasteiger partial charge in [0.2, 0.25) is 5.89 Å². The van der Waals surface area contributed by atoms with Gasteiger partial charge in [-0.05, 0) is 30.7 Å². The van der Waals surface area contributed by atoms with Crippen LogP contribution in [0.3, 0.4) is 0 Å². The van der Waals surface area contributed by atoms with E-state index < -0.39 is 0 Å². The number of hydrogen-bond donors (Lipinski definition) is 1. The zero-order chi connectivity index (χ0) is 23.6. The van der Waals surface area contributed by atoms with E-state index in [-0.39, 0.29) is 17.6 Å². The molecular formula is C25H31N3O5. The second-order valence-corrected chi connectivity index (χ2v) is 7.54. The molecule has 0 fully saturated rings. The lowest BCUT2D eigenvalue weighted by Gasteiger charge is -2.29. The number of ether oxygens (including phenoxy) is 3. The lowest BCUT2D eigenvalue weighted by molar-refractivity contribution is 0.0932. The van der Waals surface area contributed by atoms with E-state index in [1.54, 1.807) is 21.3 Å². The Morgan fingerprint density at radius 1 is 1.09 bits per heavy atom. The van der Waals surface area contributed by atoms with E-state index >= 15 is 0 Å². The molecule has 8 heteroatoms. The maximum atomic E-state index is 12.3. The molecule has 1 amide bonds. The molecule has 0 radical (unpaired) electrons. The van der Waals surface area contributed by atoms with Crippen LogP contribution >= 0.6 is 0 Å². The summed E-state index contributed by atoms with van der Waals surface area (Å²) in [5.41, 5.74) is 2.37. The highest BCUT2D eigenvalue weighted by atomic mass is 16.5. The Morgan fingerprint density at radius 2 is 1.88 bits per heavy atom. The van der Waals surface area contributed by atoms with Crippen molar-refractivity contribution >= 4 is 5.91 Å². The monoisotopic (exact) mass is 453 g/mol. The fourth-order valence-corrected chi connectivity index (χ4v) is 3.52. The van der Waals surface area contributed by atoms with Crippen LogP contribution in [-0.4, -0.2) is 50.3 Å². The third-order valence-corrected chi connectivity index (χ3v) is 5.41. The number of hydrogen-bond acceptors (Lipinski definition) is 7. The highest BCUT2D eigenvalue weighted by Gasteiger charge is 2.22. The molecule has 1 unspecified atom stereocenters. The Bertz CT molecular complexity index is 1020. The van der Waals surface area contributed by atoms with Gasteiger partial charge in [-0.25, -0.2) is 4.98 Å². The van der Waals surface area contributed by atoms with E-state index in [0.717, 1.165) is 22.6 Å². The van der Waals surface area contributed by atoms with Crippen LogP contribution in [0.5, 0.6) is 11.5 Å². The minimum absolute atomic E-state index is 0.0491. The summed E-state index contributed by atoms with van der Waals surface area (Å²) in [6.45, 7) is 3.94. The van der Waals surface area contributed by atoms with Crippen molar-refractivity contribution in [2.45, 2.75) is 26.1 Å². The Hall–Kier alpha value is -3.36. The molecule has 0 saturated heterocycles. The second-order valence-electron chi connectivity index (χ2n) is 7.54. The van der Waals surface area contributed by atoms with E-state index in [4.69, 9.17) is 18.6 Å². The van der Waals surface area contributed by atoms with Gasteiger partial charge in [-0.1, -0.05) is 30.3 Å². The summed E-state index contributed by atoms with van der Waals surface area (Å²) in [7, 11) is 4.88. The molecule has 3 aromatic rings. The molecule has 0 aliphatic rings. The predicted octanol–water partition coefficient (Wildman–Crippen LogP) is 3.83. The van der Waals surface area contributed by atoms with Crippen LogP contribution in [0.2, 0.25) is 0 Å². The first-order valence-electron chi connectivity index (χ1n) is 10.8. The highest BCUT2D eigenvalue weighted by molar-refractivity contribution is 5.91. The van der Waals surface area contributed by atoms with Gasteiger partial charge in [0.25, 0.3) is 5.91 Å². The Balaban J connectivity index is 1.84. The van der Waals surface area contributed by atoms with Crippen LogP contribution in [0.4, 0.5) is 0 Å². The fourth-order valence-electron chi connectivity index (χ4n) is 3.52. The first-order valence-corrected chi connectivity index (χ1v) is 10.8. The molecular weight excluding hydrogens is 422 g/mol. The van der Waals surface area contributed by atoms with Gasteiger partial charge in [0.1, 0.15) is 17.8 Å². The zero-order valence-corrected chi connectivity index (χ0v) is 19.5. The van der Waals surface area contributed by atoms with Crippen molar-refractivity contribution in [1.29, 1.82) is 0 Å². The first-order chi connectivity index (χ1) is 16.0. The average molecular weight is 454 g/mol. The SMILES string of the molecule is COCCNC(=O)c1coc(CN(Cc2cc(OC)ccc2OC)C(C)c2ccccc2)n1. The molecule has 8 nitrogen and oxygen atoms in total. The van der Waals surface area contributed by atoms with Gasteiger partial charge in [0, 0.05) is 31.8 Å². The number of nitrogens with one attached hydrogen (secondary N) is 1. The highest BCUT2D eigenvalue weighted by Crippen LogP contribution is 2.30. The van der Waals surface area contributed by atoms with Crippen LogP contribution in [0, 0.1) is 0 Å². The number of methoxy groups -OCH3 is 3. The van der Waals surface area contributed by atoms with E-state index in [2.05, 4.69) is 34.3 Å². The lowest BCUT2D eigenvalue weighted by Crippen LogP contribution is -2.28. The summed E-state index contributed by atoms with van der Waals surface area (Å²) in [6.07, 6.45) is 1.38. The van der Waals surface area contributed by atoms with Crippen LogP contribution in [0.15, 0.2) is 59.2 Å².